The number of ether oxygens (including phenoxy) is 2. The van der Waals surface area contributed by atoms with E-state index in [9.17, 15) is 9.59 Å². The van der Waals surface area contributed by atoms with E-state index in [-0.39, 0.29) is 24.3 Å². The predicted molar refractivity (Wildman–Crippen MR) is 188 cm³/mol. The molecule has 10 nitrogen and oxygen atoms in total. The van der Waals surface area contributed by atoms with E-state index in [0.717, 1.165) is 71.1 Å². The van der Waals surface area contributed by atoms with Crippen molar-refractivity contribution in [3.05, 3.63) is 72.6 Å². The van der Waals surface area contributed by atoms with Gasteiger partial charge in [-0.3, -0.25) is 9.80 Å². The summed E-state index contributed by atoms with van der Waals surface area (Å²) in [5.74, 6) is 2.80. The molecule has 2 aliphatic heterocycles. The maximum atomic E-state index is 13.2. The molecule has 2 aromatic carbocycles. The number of nitrogens with zero attached hydrogens (tertiary/aromatic N) is 4. The molecule has 0 radical (unpaired) electrons. The summed E-state index contributed by atoms with van der Waals surface area (Å²) in [6.07, 6.45) is 8.34. The first-order valence-corrected chi connectivity index (χ1v) is 17.6. The molecule has 0 bridgehead atoms. The van der Waals surface area contributed by atoms with Crippen LogP contribution in [0.1, 0.15) is 97.4 Å². The Morgan fingerprint density at radius 1 is 0.653 bits per heavy atom. The topological polar surface area (TPSA) is 116 Å². The number of benzene rings is 2. The van der Waals surface area contributed by atoms with Crippen molar-refractivity contribution in [2.24, 2.45) is 11.8 Å². The van der Waals surface area contributed by atoms with Gasteiger partial charge in [0.1, 0.15) is 22.9 Å². The third-order valence-corrected chi connectivity index (χ3v) is 9.68. The van der Waals surface area contributed by atoms with Gasteiger partial charge in [0.15, 0.2) is 0 Å². The van der Waals surface area contributed by atoms with Crippen LogP contribution < -0.4 is 0 Å². The molecule has 1 saturated carbocycles. The summed E-state index contributed by atoms with van der Waals surface area (Å²) >= 11 is 0. The second-order valence-electron chi connectivity index (χ2n) is 15.8. The van der Waals surface area contributed by atoms with E-state index in [4.69, 9.17) is 14.5 Å². The molecule has 0 unspecified atom stereocenters. The molecule has 2 amide bonds. The Morgan fingerprint density at radius 2 is 1.12 bits per heavy atom. The summed E-state index contributed by atoms with van der Waals surface area (Å²) in [5, 5.41) is 0. The molecular weight excluding hydrogens is 616 g/mol. The minimum atomic E-state index is -0.541. The van der Waals surface area contributed by atoms with E-state index in [1.54, 1.807) is 4.90 Å². The lowest BCUT2D eigenvalue weighted by atomic mass is 10.0. The molecule has 2 N–H and O–H groups in total. The Hall–Kier alpha value is -4.60. The van der Waals surface area contributed by atoms with E-state index in [2.05, 4.69) is 63.5 Å². The molecule has 2 aromatic heterocycles. The summed E-state index contributed by atoms with van der Waals surface area (Å²) in [6.45, 7) is 12.8. The first kappa shape index (κ1) is 32.9. The molecule has 3 fully saturated rings. The predicted octanol–water partition coefficient (Wildman–Crippen LogP) is 8.91. The molecule has 1 aliphatic carbocycles. The Morgan fingerprint density at radius 3 is 1.61 bits per heavy atom. The van der Waals surface area contributed by atoms with Gasteiger partial charge in [-0.2, -0.15) is 0 Å². The average Bonchev–Trinajstić information content (AvgIpc) is 3.50. The van der Waals surface area contributed by atoms with Crippen molar-refractivity contribution in [2.75, 3.05) is 13.1 Å². The zero-order valence-electron chi connectivity index (χ0n) is 29.5. The Bertz CT molecular complexity index is 1790. The zero-order chi connectivity index (χ0) is 34.5. The van der Waals surface area contributed by atoms with Gasteiger partial charge in [-0.1, -0.05) is 48.5 Å². The molecule has 10 heteroatoms. The fourth-order valence-corrected chi connectivity index (χ4v) is 7.14. The van der Waals surface area contributed by atoms with Crippen molar-refractivity contribution in [3.8, 4) is 33.6 Å². The molecule has 49 heavy (non-hydrogen) atoms. The van der Waals surface area contributed by atoms with Crippen LogP contribution in [0.4, 0.5) is 9.59 Å². The lowest BCUT2D eigenvalue weighted by molar-refractivity contribution is 0.0205. The van der Waals surface area contributed by atoms with E-state index >= 15 is 0 Å². The number of likely N-dealkylation sites (tertiary alicyclic amines) is 2. The van der Waals surface area contributed by atoms with Crippen LogP contribution in [-0.2, 0) is 9.47 Å². The highest BCUT2D eigenvalue weighted by Crippen LogP contribution is 2.47. The number of hydrogen-bond acceptors (Lipinski definition) is 6. The van der Waals surface area contributed by atoms with Crippen molar-refractivity contribution in [2.45, 2.75) is 96.9 Å². The van der Waals surface area contributed by atoms with Gasteiger partial charge in [0.2, 0.25) is 0 Å². The van der Waals surface area contributed by atoms with Crippen LogP contribution in [0.15, 0.2) is 60.9 Å². The number of carbonyl (C=O) groups is 2. The van der Waals surface area contributed by atoms with E-state index < -0.39 is 11.2 Å². The number of H-pyrrole nitrogens is 2. The smallest absolute Gasteiger partial charge is 0.410 e. The molecule has 258 valence electrons. The summed E-state index contributed by atoms with van der Waals surface area (Å²) in [6, 6.07) is 16.6. The van der Waals surface area contributed by atoms with E-state index in [1.807, 2.05) is 58.8 Å². The number of amides is 2. The van der Waals surface area contributed by atoms with Crippen molar-refractivity contribution in [1.29, 1.82) is 0 Å². The van der Waals surface area contributed by atoms with Crippen molar-refractivity contribution in [1.82, 2.24) is 29.7 Å². The lowest BCUT2D eigenvalue weighted by Crippen LogP contribution is -2.37. The van der Waals surface area contributed by atoms with Gasteiger partial charge in [-0.15, -0.1) is 0 Å². The maximum absolute atomic E-state index is 13.2. The summed E-state index contributed by atoms with van der Waals surface area (Å²) in [4.78, 5) is 46.0. The van der Waals surface area contributed by atoms with Crippen molar-refractivity contribution >= 4 is 12.2 Å². The number of rotatable bonds is 6. The van der Waals surface area contributed by atoms with Gasteiger partial charge < -0.3 is 19.4 Å². The van der Waals surface area contributed by atoms with Gasteiger partial charge in [-0.05, 0) is 108 Å². The normalized spacial score (nSPS) is 21.3. The van der Waals surface area contributed by atoms with Crippen LogP contribution in [-0.4, -0.2) is 66.2 Å². The molecule has 4 aromatic rings. The molecule has 7 rings (SSSR count). The fourth-order valence-electron chi connectivity index (χ4n) is 7.14. The van der Waals surface area contributed by atoms with Gasteiger partial charge in [-0.25, -0.2) is 19.6 Å². The number of aromatic nitrogens is 4. The number of carbonyl (C=O) groups excluding carboxylic acids is 2. The lowest BCUT2D eigenvalue weighted by Gasteiger charge is -2.27. The van der Waals surface area contributed by atoms with Crippen LogP contribution >= 0.6 is 0 Å². The Kier molecular flexibility index (Phi) is 8.53. The first-order valence-electron chi connectivity index (χ1n) is 17.6. The summed E-state index contributed by atoms with van der Waals surface area (Å²) < 4.78 is 11.4. The minimum Gasteiger partial charge on any atom is -0.444 e. The third-order valence-electron chi connectivity index (χ3n) is 9.68. The monoisotopic (exact) mass is 664 g/mol. The van der Waals surface area contributed by atoms with Crippen LogP contribution in [0.2, 0.25) is 0 Å². The molecule has 4 heterocycles. The van der Waals surface area contributed by atoms with Gasteiger partial charge in [0.25, 0.3) is 0 Å². The van der Waals surface area contributed by atoms with Crippen LogP contribution in [0.25, 0.3) is 33.6 Å². The fraction of sp³-hybridized carbons (Fsp3) is 0.487. The largest absolute Gasteiger partial charge is 0.444 e. The second kappa shape index (κ2) is 12.7. The zero-order valence-corrected chi connectivity index (χ0v) is 29.5. The third kappa shape index (κ3) is 7.38. The van der Waals surface area contributed by atoms with E-state index in [1.165, 1.54) is 12.8 Å². The summed E-state index contributed by atoms with van der Waals surface area (Å²) in [7, 11) is 0. The van der Waals surface area contributed by atoms with Crippen LogP contribution in [0, 0.1) is 11.8 Å². The standard InChI is InChI=1S/C39H48N6O4/c1-38(2,3)48-36(46)44-19-7-8-32(44)34-40-21-30(42-34)27-15-11-24(12-16-27)25-13-17-28(18-14-25)31-22-41-35(43-31)33-20-29(26-9-10-26)23-45(33)37(47)49-39(4,5)6/h11-18,21-22,26,29,32-33H,7-10,19-20,23H2,1-6H3,(H,40,42)(H,41,43)/t29-,32-,33-/m0/s1. The van der Waals surface area contributed by atoms with Crippen LogP contribution in [0.3, 0.4) is 0 Å². The number of imidazole rings is 2. The van der Waals surface area contributed by atoms with Gasteiger partial charge in [0.05, 0.1) is 35.9 Å². The SMILES string of the molecule is CC(C)(C)OC(=O)N1CCC[C@H]1c1ncc(-c2ccc(-c3ccc(-c4cnc([C@@H]5C[C@H](C6CC6)CN5C(=O)OC(C)(C)C)[nH]4)cc3)cc2)[nH]1. The molecule has 3 atom stereocenters. The van der Waals surface area contributed by atoms with Gasteiger partial charge >= 0.3 is 12.2 Å². The highest BCUT2D eigenvalue weighted by Gasteiger charge is 2.45. The number of nitrogens with one attached hydrogen (secondary N) is 2. The number of hydrogen-bond donors (Lipinski definition) is 2. The Balaban J connectivity index is 1.02. The quantitative estimate of drug-likeness (QED) is 0.213. The van der Waals surface area contributed by atoms with Crippen molar-refractivity contribution in [3.63, 3.8) is 0 Å². The van der Waals surface area contributed by atoms with E-state index in [0.29, 0.717) is 18.4 Å². The maximum Gasteiger partial charge on any atom is 0.410 e. The number of aromatic amines is 2. The molecule has 0 spiro atoms. The highest BCUT2D eigenvalue weighted by molar-refractivity contribution is 5.72. The highest BCUT2D eigenvalue weighted by atomic mass is 16.6. The summed E-state index contributed by atoms with van der Waals surface area (Å²) in [5.41, 5.74) is 5.05. The molecule has 3 aliphatic rings. The molecule has 2 saturated heterocycles. The van der Waals surface area contributed by atoms with Crippen molar-refractivity contribution < 1.29 is 19.1 Å². The van der Waals surface area contributed by atoms with Gasteiger partial charge in [0, 0.05) is 13.1 Å². The average molecular weight is 665 g/mol. The second-order valence-corrected chi connectivity index (χ2v) is 15.8. The minimum absolute atomic E-state index is 0.111. The van der Waals surface area contributed by atoms with Crippen LogP contribution in [0.5, 0.6) is 0 Å². The Labute approximate surface area is 288 Å². The first-order chi connectivity index (χ1) is 23.3. The molecular formula is C39H48N6O4.